The minimum Gasteiger partial charge on any atom is -0.451 e. The Kier molecular flexibility index (Phi) is 5.89. The van der Waals surface area contributed by atoms with E-state index < -0.39 is 5.97 Å². The Morgan fingerprint density at radius 2 is 1.92 bits per heavy atom. The molecule has 2 aromatic rings. The van der Waals surface area contributed by atoms with Gasteiger partial charge in [0.2, 0.25) is 0 Å². The predicted molar refractivity (Wildman–Crippen MR) is 88.9 cm³/mol. The first-order valence-electron chi connectivity index (χ1n) is 7.65. The lowest BCUT2D eigenvalue weighted by molar-refractivity contribution is -0.124. The number of carbonyl (C=O) groups excluding carboxylic acids is 3. The molecule has 0 bridgehead atoms. The van der Waals surface area contributed by atoms with Gasteiger partial charge in [-0.25, -0.2) is 4.79 Å². The highest BCUT2D eigenvalue weighted by Gasteiger charge is 2.14. The Bertz CT molecular complexity index is 722. The van der Waals surface area contributed by atoms with Gasteiger partial charge < -0.3 is 15.0 Å². The number of Topliss-reactive ketones (excluding diaryl/α,β-unsaturated/α-hetero) is 1. The second-order valence-electron chi connectivity index (χ2n) is 5.55. The van der Waals surface area contributed by atoms with E-state index in [0.29, 0.717) is 12.1 Å². The fourth-order valence-electron chi connectivity index (χ4n) is 2.14. The van der Waals surface area contributed by atoms with Crippen molar-refractivity contribution in [1.82, 2.24) is 10.3 Å². The molecule has 0 unspecified atom stereocenters. The van der Waals surface area contributed by atoms with Crippen LogP contribution in [-0.2, 0) is 9.53 Å². The number of aromatic nitrogens is 1. The molecule has 126 valence electrons. The highest BCUT2D eigenvalue weighted by molar-refractivity contribution is 5.97. The van der Waals surface area contributed by atoms with Gasteiger partial charge in [-0.3, -0.25) is 9.59 Å². The average Bonchev–Trinajstić information content (AvgIpc) is 3.08. The molecule has 0 radical (unpaired) electrons. The van der Waals surface area contributed by atoms with Gasteiger partial charge in [-0.2, -0.15) is 0 Å². The number of ether oxygens (including phenoxy) is 1. The molecule has 2 N–H and O–H groups in total. The summed E-state index contributed by atoms with van der Waals surface area (Å²) in [6, 6.07) is 11.2. The monoisotopic (exact) mass is 328 g/mol. The molecule has 0 aliphatic carbocycles. The van der Waals surface area contributed by atoms with Crippen LogP contribution in [0.25, 0.3) is 0 Å². The molecule has 0 saturated heterocycles. The van der Waals surface area contributed by atoms with Gasteiger partial charge in [0.1, 0.15) is 5.69 Å². The van der Waals surface area contributed by atoms with E-state index in [9.17, 15) is 14.4 Å². The molecule has 6 heteroatoms. The third kappa shape index (κ3) is 4.81. The van der Waals surface area contributed by atoms with Crippen molar-refractivity contribution < 1.29 is 19.1 Å². The Morgan fingerprint density at radius 1 is 1.21 bits per heavy atom. The summed E-state index contributed by atoms with van der Waals surface area (Å²) in [6.07, 6.45) is 1.43. The molecule has 0 saturated carbocycles. The Labute approximate surface area is 140 Å². The Morgan fingerprint density at radius 3 is 2.54 bits per heavy atom. The smallest absolute Gasteiger partial charge is 0.355 e. The normalized spacial score (nSPS) is 11.6. The molecule has 1 heterocycles. The van der Waals surface area contributed by atoms with E-state index in [2.05, 4.69) is 10.3 Å². The SMILES string of the molecule is CC(=O)c1c[nH]c(C(=O)OCC(=O)NC[C@@H](C)c2ccccc2)c1. The molecule has 2 rings (SSSR count). The molecular weight excluding hydrogens is 308 g/mol. The van der Waals surface area contributed by atoms with Gasteiger partial charge in [-0.1, -0.05) is 37.3 Å². The van der Waals surface area contributed by atoms with Crippen LogP contribution in [0.2, 0.25) is 0 Å². The van der Waals surface area contributed by atoms with Crippen LogP contribution in [-0.4, -0.2) is 35.8 Å². The van der Waals surface area contributed by atoms with Crippen molar-refractivity contribution in [2.75, 3.05) is 13.2 Å². The Hall–Kier alpha value is -2.89. The summed E-state index contributed by atoms with van der Waals surface area (Å²) in [5, 5.41) is 2.73. The molecule has 1 amide bonds. The van der Waals surface area contributed by atoms with Crippen molar-refractivity contribution >= 4 is 17.7 Å². The highest BCUT2D eigenvalue weighted by atomic mass is 16.5. The topological polar surface area (TPSA) is 88.3 Å². The van der Waals surface area contributed by atoms with E-state index in [1.165, 1.54) is 19.2 Å². The van der Waals surface area contributed by atoms with Crippen LogP contribution in [0.4, 0.5) is 0 Å². The lowest BCUT2D eigenvalue weighted by Gasteiger charge is -2.13. The van der Waals surface area contributed by atoms with Gasteiger partial charge in [0, 0.05) is 18.3 Å². The third-order valence-electron chi connectivity index (χ3n) is 3.62. The molecule has 0 aliphatic heterocycles. The van der Waals surface area contributed by atoms with Crippen molar-refractivity contribution in [3.05, 3.63) is 59.4 Å². The summed E-state index contributed by atoms with van der Waals surface area (Å²) in [7, 11) is 0. The van der Waals surface area contributed by atoms with Crippen LogP contribution in [0.1, 0.15) is 46.2 Å². The Balaban J connectivity index is 1.76. The summed E-state index contributed by atoms with van der Waals surface area (Å²) < 4.78 is 4.93. The van der Waals surface area contributed by atoms with Crippen molar-refractivity contribution in [2.45, 2.75) is 19.8 Å². The zero-order valence-electron chi connectivity index (χ0n) is 13.7. The number of H-pyrrole nitrogens is 1. The molecule has 24 heavy (non-hydrogen) atoms. The van der Waals surface area contributed by atoms with E-state index in [1.54, 1.807) is 0 Å². The second-order valence-corrected chi connectivity index (χ2v) is 5.55. The largest absolute Gasteiger partial charge is 0.451 e. The first-order valence-corrected chi connectivity index (χ1v) is 7.65. The lowest BCUT2D eigenvalue weighted by Crippen LogP contribution is -2.31. The fraction of sp³-hybridized carbons (Fsp3) is 0.278. The summed E-state index contributed by atoms with van der Waals surface area (Å²) >= 11 is 0. The minimum atomic E-state index is -0.672. The van der Waals surface area contributed by atoms with E-state index >= 15 is 0 Å². The molecular formula is C18H20N2O4. The number of carbonyl (C=O) groups is 3. The maximum absolute atomic E-state index is 11.8. The van der Waals surface area contributed by atoms with Gasteiger partial charge >= 0.3 is 5.97 Å². The van der Waals surface area contributed by atoms with Crippen molar-refractivity contribution in [2.24, 2.45) is 0 Å². The van der Waals surface area contributed by atoms with Gasteiger partial charge in [-0.15, -0.1) is 0 Å². The first-order chi connectivity index (χ1) is 11.5. The zero-order valence-corrected chi connectivity index (χ0v) is 13.7. The van der Waals surface area contributed by atoms with E-state index in [4.69, 9.17) is 4.74 Å². The van der Waals surface area contributed by atoms with Crippen molar-refractivity contribution in [3.63, 3.8) is 0 Å². The van der Waals surface area contributed by atoms with Crippen LogP contribution in [0.15, 0.2) is 42.6 Å². The average molecular weight is 328 g/mol. The van der Waals surface area contributed by atoms with E-state index in [-0.39, 0.29) is 29.9 Å². The van der Waals surface area contributed by atoms with Crippen LogP contribution >= 0.6 is 0 Å². The molecule has 0 spiro atoms. The quantitative estimate of drug-likeness (QED) is 0.603. The lowest BCUT2D eigenvalue weighted by atomic mass is 10.0. The van der Waals surface area contributed by atoms with Gasteiger partial charge in [0.25, 0.3) is 5.91 Å². The summed E-state index contributed by atoms with van der Waals surface area (Å²) in [6.45, 7) is 3.50. The molecule has 0 fully saturated rings. The summed E-state index contributed by atoms with van der Waals surface area (Å²) in [5.74, 6) is -1.04. The van der Waals surface area contributed by atoms with Crippen molar-refractivity contribution in [1.29, 1.82) is 0 Å². The number of rotatable bonds is 7. The van der Waals surface area contributed by atoms with Gasteiger partial charge in [0.05, 0.1) is 0 Å². The number of aromatic amines is 1. The number of hydrogen-bond donors (Lipinski definition) is 2. The molecule has 1 aromatic heterocycles. The molecule has 6 nitrogen and oxygen atoms in total. The second kappa shape index (κ2) is 8.10. The number of ketones is 1. The summed E-state index contributed by atoms with van der Waals surface area (Å²) in [4.78, 5) is 37.4. The number of esters is 1. The predicted octanol–water partition coefficient (Wildman–Crippen LogP) is 2.29. The summed E-state index contributed by atoms with van der Waals surface area (Å²) in [5.41, 5.74) is 1.66. The van der Waals surface area contributed by atoms with Crippen molar-refractivity contribution in [3.8, 4) is 0 Å². The number of hydrogen-bond acceptors (Lipinski definition) is 4. The van der Waals surface area contributed by atoms with E-state index in [0.717, 1.165) is 5.56 Å². The minimum absolute atomic E-state index is 0.144. The van der Waals surface area contributed by atoms with Crippen LogP contribution < -0.4 is 5.32 Å². The standard InChI is InChI=1S/C18H20N2O4/c1-12(14-6-4-3-5-7-14)9-20-17(22)11-24-18(23)16-8-15(10-19-16)13(2)21/h3-8,10,12,19H,9,11H2,1-2H3,(H,20,22)/t12-/m1/s1. The van der Waals surface area contributed by atoms with Gasteiger partial charge in [0.15, 0.2) is 12.4 Å². The number of benzene rings is 1. The van der Waals surface area contributed by atoms with E-state index in [1.807, 2.05) is 37.3 Å². The van der Waals surface area contributed by atoms with Crippen LogP contribution in [0.5, 0.6) is 0 Å². The fourth-order valence-corrected chi connectivity index (χ4v) is 2.14. The molecule has 0 aliphatic rings. The maximum Gasteiger partial charge on any atom is 0.355 e. The number of nitrogens with one attached hydrogen (secondary N) is 2. The number of amides is 1. The van der Waals surface area contributed by atoms with Crippen LogP contribution in [0.3, 0.4) is 0 Å². The maximum atomic E-state index is 11.8. The first kappa shape index (κ1) is 17.5. The molecule has 1 atom stereocenters. The zero-order chi connectivity index (χ0) is 17.5. The van der Waals surface area contributed by atoms with Gasteiger partial charge in [-0.05, 0) is 24.5 Å². The van der Waals surface area contributed by atoms with Crippen LogP contribution in [0, 0.1) is 0 Å². The third-order valence-corrected chi connectivity index (χ3v) is 3.62. The molecule has 1 aromatic carbocycles. The highest BCUT2D eigenvalue weighted by Crippen LogP contribution is 2.12.